The number of allylic oxidation sites excluding steroid dienone is 2. The Hall–Kier alpha value is -3.28. The monoisotopic (exact) mass is 471 g/mol. The van der Waals surface area contributed by atoms with Gasteiger partial charge in [0.05, 0.1) is 51.7 Å². The molecule has 0 saturated heterocycles. The van der Waals surface area contributed by atoms with E-state index in [1.807, 2.05) is 0 Å². The number of hydrogen-bond acceptors (Lipinski definition) is 6. The van der Waals surface area contributed by atoms with Crippen molar-refractivity contribution >= 4 is 40.9 Å². The average molecular weight is 472 g/mol. The number of nitriles is 1. The smallest absolute Gasteiger partial charge is 0.336 e. The van der Waals surface area contributed by atoms with Crippen LogP contribution >= 0.6 is 23.4 Å². The van der Waals surface area contributed by atoms with Crippen LogP contribution in [-0.2, 0) is 14.3 Å². The molecule has 0 saturated carbocycles. The lowest BCUT2D eigenvalue weighted by molar-refractivity contribution is -0.136. The number of nitrogens with one attached hydrogen (secondary N) is 2. The lowest BCUT2D eigenvalue weighted by Gasteiger charge is -2.29. The van der Waals surface area contributed by atoms with Crippen LogP contribution in [0.4, 0.5) is 10.1 Å². The maximum absolute atomic E-state index is 14.7. The highest BCUT2D eigenvalue weighted by Gasteiger charge is 2.36. The predicted octanol–water partition coefficient (Wildman–Crippen LogP) is 4.72. The third kappa shape index (κ3) is 4.96. The third-order valence-corrected chi connectivity index (χ3v) is 6.11. The molecule has 164 valence electrons. The van der Waals surface area contributed by atoms with E-state index in [0.717, 1.165) is 11.8 Å². The van der Waals surface area contributed by atoms with Crippen molar-refractivity contribution in [1.29, 1.82) is 5.26 Å². The number of benzene rings is 2. The van der Waals surface area contributed by atoms with Gasteiger partial charge in [-0.2, -0.15) is 5.26 Å². The molecule has 9 heteroatoms. The maximum atomic E-state index is 14.7. The summed E-state index contributed by atoms with van der Waals surface area (Å²) in [4.78, 5) is 24.9. The number of nitrogens with zero attached hydrogens (tertiary/aromatic N) is 1. The predicted molar refractivity (Wildman–Crippen MR) is 122 cm³/mol. The standard InChI is InChI=1S/C23H19ClFN3O3S/c1-13-20(23(30)31-2)21(14-7-3-5-9-17(14)25)15(11-26)22(27-13)32-12-19(29)28-18-10-6-4-8-16(18)24/h3-10,21,27H,12H2,1-2H3,(H,28,29)/t21-/m1/s1. The number of methoxy groups -OCH3 is 1. The summed E-state index contributed by atoms with van der Waals surface area (Å²) in [5, 5.41) is 16.4. The maximum Gasteiger partial charge on any atom is 0.336 e. The molecule has 0 aromatic heterocycles. The first-order valence-corrected chi connectivity index (χ1v) is 10.9. The molecule has 1 aliphatic heterocycles. The van der Waals surface area contributed by atoms with Crippen LogP contribution in [0.25, 0.3) is 0 Å². The van der Waals surface area contributed by atoms with Gasteiger partial charge in [-0.3, -0.25) is 4.79 Å². The zero-order chi connectivity index (χ0) is 23.3. The SMILES string of the molecule is COC(=O)C1=C(C)NC(SCC(=O)Nc2ccccc2Cl)=C(C#N)[C@H]1c1ccccc1F. The van der Waals surface area contributed by atoms with Crippen molar-refractivity contribution in [2.24, 2.45) is 0 Å². The summed E-state index contributed by atoms with van der Waals surface area (Å²) < 4.78 is 19.5. The van der Waals surface area contributed by atoms with Gasteiger partial charge >= 0.3 is 5.97 Å². The first-order valence-electron chi connectivity index (χ1n) is 9.49. The molecule has 0 radical (unpaired) electrons. The van der Waals surface area contributed by atoms with E-state index in [4.69, 9.17) is 16.3 Å². The Bertz CT molecular complexity index is 1170. The number of para-hydroxylation sites is 1. The number of rotatable bonds is 6. The Balaban J connectivity index is 1.92. The number of dihydropyridines is 1. The molecule has 1 amide bonds. The number of carbonyl (C=O) groups is 2. The van der Waals surface area contributed by atoms with E-state index < -0.39 is 17.7 Å². The van der Waals surface area contributed by atoms with Gasteiger partial charge < -0.3 is 15.4 Å². The average Bonchev–Trinajstić information content (AvgIpc) is 2.78. The van der Waals surface area contributed by atoms with Gasteiger partial charge in [0.25, 0.3) is 0 Å². The first kappa shape index (κ1) is 23.4. The normalized spacial score (nSPS) is 15.7. The van der Waals surface area contributed by atoms with E-state index in [2.05, 4.69) is 16.7 Å². The van der Waals surface area contributed by atoms with E-state index >= 15 is 0 Å². The van der Waals surface area contributed by atoms with Gasteiger partial charge in [0, 0.05) is 11.3 Å². The number of carbonyl (C=O) groups excluding carboxylic acids is 2. The molecule has 2 aromatic rings. The zero-order valence-electron chi connectivity index (χ0n) is 17.2. The fourth-order valence-corrected chi connectivity index (χ4v) is 4.39. The zero-order valence-corrected chi connectivity index (χ0v) is 18.8. The summed E-state index contributed by atoms with van der Waals surface area (Å²) in [6.45, 7) is 1.64. The Morgan fingerprint density at radius 3 is 2.59 bits per heavy atom. The number of thioether (sulfide) groups is 1. The summed E-state index contributed by atoms with van der Waals surface area (Å²) in [7, 11) is 1.22. The second-order valence-corrected chi connectivity index (χ2v) is 8.17. The van der Waals surface area contributed by atoms with Crippen LogP contribution in [-0.4, -0.2) is 24.7 Å². The highest BCUT2D eigenvalue weighted by Crippen LogP contribution is 2.41. The Labute approximate surface area is 194 Å². The second kappa shape index (κ2) is 10.4. The van der Waals surface area contributed by atoms with E-state index in [9.17, 15) is 19.2 Å². The summed E-state index contributed by atoms with van der Waals surface area (Å²) in [5.74, 6) is -2.57. The fourth-order valence-electron chi connectivity index (χ4n) is 3.31. The van der Waals surface area contributed by atoms with Crippen molar-refractivity contribution in [3.63, 3.8) is 0 Å². The van der Waals surface area contributed by atoms with Crippen LogP contribution in [0.3, 0.4) is 0 Å². The third-order valence-electron chi connectivity index (χ3n) is 4.76. The van der Waals surface area contributed by atoms with Crippen molar-refractivity contribution in [2.45, 2.75) is 12.8 Å². The number of hydrogen-bond donors (Lipinski definition) is 2. The van der Waals surface area contributed by atoms with E-state index in [0.29, 0.717) is 21.4 Å². The molecule has 0 unspecified atom stereocenters. The number of halogens is 2. The Kier molecular flexibility index (Phi) is 7.57. The number of ether oxygens (including phenoxy) is 1. The molecule has 2 aromatic carbocycles. The Morgan fingerprint density at radius 1 is 1.25 bits per heavy atom. The molecular formula is C23H19ClFN3O3S. The highest BCUT2D eigenvalue weighted by atomic mass is 35.5. The first-order chi connectivity index (χ1) is 15.4. The van der Waals surface area contributed by atoms with Crippen LogP contribution in [0.1, 0.15) is 18.4 Å². The quantitative estimate of drug-likeness (QED) is 0.592. The second-order valence-electron chi connectivity index (χ2n) is 6.78. The highest BCUT2D eigenvalue weighted by molar-refractivity contribution is 8.03. The summed E-state index contributed by atoms with van der Waals surface area (Å²) >= 11 is 7.15. The van der Waals surface area contributed by atoms with Crippen LogP contribution in [0.5, 0.6) is 0 Å². The van der Waals surface area contributed by atoms with Gasteiger partial charge in [-0.15, -0.1) is 0 Å². The topological polar surface area (TPSA) is 91.2 Å². The van der Waals surface area contributed by atoms with E-state index in [1.54, 1.807) is 37.3 Å². The summed E-state index contributed by atoms with van der Waals surface area (Å²) in [6.07, 6.45) is 0. The molecular weight excluding hydrogens is 453 g/mol. The van der Waals surface area contributed by atoms with Crippen molar-refractivity contribution in [1.82, 2.24) is 5.32 Å². The molecule has 2 N–H and O–H groups in total. The molecule has 0 aliphatic carbocycles. The summed E-state index contributed by atoms with van der Waals surface area (Å²) in [6, 6.07) is 14.8. The number of anilines is 1. The van der Waals surface area contributed by atoms with Gasteiger partial charge in [-0.05, 0) is 25.1 Å². The molecule has 0 fully saturated rings. The van der Waals surface area contributed by atoms with Gasteiger partial charge in [0.2, 0.25) is 5.91 Å². The fraction of sp³-hybridized carbons (Fsp3) is 0.174. The molecule has 1 atom stereocenters. The van der Waals surface area contributed by atoms with Gasteiger partial charge in [0.15, 0.2) is 0 Å². The minimum absolute atomic E-state index is 0.0381. The van der Waals surface area contributed by atoms with Crippen LogP contribution in [0.15, 0.2) is 70.4 Å². The van der Waals surface area contributed by atoms with Crippen LogP contribution < -0.4 is 10.6 Å². The molecule has 1 heterocycles. The van der Waals surface area contributed by atoms with Crippen molar-refractivity contribution < 1.29 is 18.7 Å². The van der Waals surface area contributed by atoms with Crippen molar-refractivity contribution in [3.8, 4) is 6.07 Å². The lowest BCUT2D eigenvalue weighted by Crippen LogP contribution is -2.29. The van der Waals surface area contributed by atoms with E-state index in [1.165, 1.54) is 25.3 Å². The number of esters is 1. The molecule has 0 bridgehead atoms. The number of amides is 1. The van der Waals surface area contributed by atoms with E-state index in [-0.39, 0.29) is 28.4 Å². The van der Waals surface area contributed by atoms with Crippen LogP contribution in [0.2, 0.25) is 5.02 Å². The van der Waals surface area contributed by atoms with Crippen molar-refractivity contribution in [3.05, 3.63) is 86.8 Å². The minimum atomic E-state index is -0.968. The molecule has 6 nitrogen and oxygen atoms in total. The lowest BCUT2D eigenvalue weighted by atomic mass is 9.82. The Morgan fingerprint density at radius 2 is 1.94 bits per heavy atom. The largest absolute Gasteiger partial charge is 0.466 e. The molecule has 1 aliphatic rings. The van der Waals surface area contributed by atoms with Crippen LogP contribution in [0, 0.1) is 17.1 Å². The van der Waals surface area contributed by atoms with Crippen molar-refractivity contribution in [2.75, 3.05) is 18.2 Å². The van der Waals surface area contributed by atoms with Gasteiger partial charge in [-0.1, -0.05) is 53.7 Å². The minimum Gasteiger partial charge on any atom is -0.466 e. The van der Waals surface area contributed by atoms with Gasteiger partial charge in [-0.25, -0.2) is 9.18 Å². The molecule has 0 spiro atoms. The summed E-state index contributed by atoms with van der Waals surface area (Å²) in [5.41, 5.74) is 1.32. The van der Waals surface area contributed by atoms with Gasteiger partial charge in [0.1, 0.15) is 5.82 Å². The molecule has 3 rings (SSSR count). The molecule has 32 heavy (non-hydrogen) atoms.